The zero-order valence-electron chi connectivity index (χ0n) is 10.1. The standard InChI is InChI=1S/C13H9IN4O2/c14-9-4-7(6-15)5-10(16)11(9)20-13-8(12(17)19)2-1-3-18-13/h1-5H,16H2,(H2,17,19). The maximum absolute atomic E-state index is 11.3. The molecule has 0 saturated carbocycles. The number of primary amides is 1. The first-order valence-corrected chi connectivity index (χ1v) is 6.52. The van der Waals surface area contributed by atoms with E-state index in [2.05, 4.69) is 4.98 Å². The van der Waals surface area contributed by atoms with Crippen molar-refractivity contribution in [2.24, 2.45) is 5.73 Å². The highest BCUT2D eigenvalue weighted by Gasteiger charge is 2.15. The maximum Gasteiger partial charge on any atom is 0.254 e. The minimum Gasteiger partial charge on any atom is -0.435 e. The van der Waals surface area contributed by atoms with E-state index < -0.39 is 5.91 Å². The fourth-order valence-corrected chi connectivity index (χ4v) is 2.30. The Balaban J connectivity index is 2.46. The van der Waals surface area contributed by atoms with Crippen molar-refractivity contribution in [1.29, 1.82) is 5.26 Å². The third-order valence-corrected chi connectivity index (χ3v) is 3.24. The van der Waals surface area contributed by atoms with E-state index in [1.807, 2.05) is 28.7 Å². The maximum atomic E-state index is 11.3. The summed E-state index contributed by atoms with van der Waals surface area (Å²) in [6.07, 6.45) is 1.48. The van der Waals surface area contributed by atoms with Crippen molar-refractivity contribution >= 4 is 34.2 Å². The number of amides is 1. The molecular weight excluding hydrogens is 371 g/mol. The molecule has 0 aliphatic heterocycles. The van der Waals surface area contributed by atoms with Crippen LogP contribution in [-0.2, 0) is 0 Å². The number of halogens is 1. The topological polar surface area (TPSA) is 115 Å². The van der Waals surface area contributed by atoms with Crippen LogP contribution >= 0.6 is 22.6 Å². The average molecular weight is 380 g/mol. The molecular formula is C13H9IN4O2. The molecule has 1 amide bonds. The first kappa shape index (κ1) is 14.1. The van der Waals surface area contributed by atoms with Crippen LogP contribution in [0.25, 0.3) is 0 Å². The van der Waals surface area contributed by atoms with Crippen LogP contribution < -0.4 is 16.2 Å². The first-order chi connectivity index (χ1) is 9.52. The van der Waals surface area contributed by atoms with Gasteiger partial charge in [-0.05, 0) is 46.9 Å². The minimum absolute atomic E-state index is 0.0781. The Morgan fingerprint density at radius 3 is 2.80 bits per heavy atom. The molecule has 0 unspecified atom stereocenters. The van der Waals surface area contributed by atoms with Gasteiger partial charge in [0.15, 0.2) is 5.75 Å². The van der Waals surface area contributed by atoms with Crippen molar-refractivity contribution in [1.82, 2.24) is 4.98 Å². The quantitative estimate of drug-likeness (QED) is 0.625. The van der Waals surface area contributed by atoms with Gasteiger partial charge >= 0.3 is 0 Å². The molecule has 1 aromatic carbocycles. The Morgan fingerprint density at radius 1 is 1.45 bits per heavy atom. The average Bonchev–Trinajstić information content (AvgIpc) is 2.42. The van der Waals surface area contributed by atoms with Gasteiger partial charge in [-0.15, -0.1) is 0 Å². The molecule has 0 saturated heterocycles. The van der Waals surface area contributed by atoms with Gasteiger partial charge in [-0.3, -0.25) is 4.79 Å². The van der Waals surface area contributed by atoms with Gasteiger partial charge in [-0.2, -0.15) is 5.26 Å². The van der Waals surface area contributed by atoms with Gasteiger partial charge in [0.1, 0.15) is 5.56 Å². The number of hydrogen-bond acceptors (Lipinski definition) is 5. The number of hydrogen-bond donors (Lipinski definition) is 2. The van der Waals surface area contributed by atoms with Gasteiger partial charge in [0.25, 0.3) is 5.91 Å². The number of anilines is 1. The van der Waals surface area contributed by atoms with Gasteiger partial charge in [-0.1, -0.05) is 0 Å². The predicted molar refractivity (Wildman–Crippen MR) is 81.1 cm³/mol. The molecule has 0 bridgehead atoms. The Hall–Kier alpha value is -2.34. The lowest BCUT2D eigenvalue weighted by Gasteiger charge is -2.11. The highest BCUT2D eigenvalue weighted by atomic mass is 127. The lowest BCUT2D eigenvalue weighted by molar-refractivity contribution is 0.0997. The second-order valence-electron chi connectivity index (χ2n) is 3.81. The number of nitrogen functional groups attached to an aromatic ring is 1. The molecule has 7 heteroatoms. The highest BCUT2D eigenvalue weighted by molar-refractivity contribution is 14.1. The first-order valence-electron chi connectivity index (χ1n) is 5.44. The minimum atomic E-state index is -0.643. The van der Waals surface area contributed by atoms with Crippen LogP contribution in [0.15, 0.2) is 30.5 Å². The summed E-state index contributed by atoms with van der Waals surface area (Å²) in [5.74, 6) is -0.226. The highest BCUT2D eigenvalue weighted by Crippen LogP contribution is 2.33. The number of pyridine rings is 1. The largest absolute Gasteiger partial charge is 0.435 e. The summed E-state index contributed by atoms with van der Waals surface area (Å²) in [6.45, 7) is 0. The van der Waals surface area contributed by atoms with Crippen LogP contribution in [0.5, 0.6) is 11.6 Å². The summed E-state index contributed by atoms with van der Waals surface area (Å²) < 4.78 is 6.22. The van der Waals surface area contributed by atoms with E-state index in [0.717, 1.165) is 0 Å². The molecule has 2 aromatic rings. The molecule has 0 aliphatic rings. The van der Waals surface area contributed by atoms with Crippen molar-refractivity contribution in [3.63, 3.8) is 0 Å². The number of benzene rings is 1. The van der Waals surface area contributed by atoms with Crippen LogP contribution in [-0.4, -0.2) is 10.9 Å². The summed E-state index contributed by atoms with van der Waals surface area (Å²) in [5.41, 5.74) is 12.0. The van der Waals surface area contributed by atoms with E-state index in [-0.39, 0.29) is 17.1 Å². The van der Waals surface area contributed by atoms with E-state index in [4.69, 9.17) is 21.5 Å². The third-order valence-electron chi connectivity index (χ3n) is 2.44. The molecule has 1 aromatic heterocycles. The lowest BCUT2D eigenvalue weighted by atomic mass is 10.2. The molecule has 2 rings (SSSR count). The summed E-state index contributed by atoms with van der Waals surface area (Å²) >= 11 is 1.99. The number of nitriles is 1. The molecule has 0 atom stereocenters. The van der Waals surface area contributed by atoms with Crippen molar-refractivity contribution in [2.45, 2.75) is 0 Å². The Labute approximate surface area is 128 Å². The van der Waals surface area contributed by atoms with Crippen LogP contribution in [0, 0.1) is 14.9 Å². The Kier molecular flexibility index (Phi) is 4.05. The van der Waals surface area contributed by atoms with Crippen LogP contribution in [0.1, 0.15) is 15.9 Å². The monoisotopic (exact) mass is 380 g/mol. The normalized spacial score (nSPS) is 9.80. The van der Waals surface area contributed by atoms with E-state index in [0.29, 0.717) is 14.9 Å². The number of carbonyl (C=O) groups is 1. The zero-order valence-corrected chi connectivity index (χ0v) is 12.3. The number of nitrogens with two attached hydrogens (primary N) is 2. The number of rotatable bonds is 3. The van der Waals surface area contributed by atoms with Gasteiger partial charge in [-0.25, -0.2) is 4.98 Å². The molecule has 6 nitrogen and oxygen atoms in total. The number of ether oxygens (including phenoxy) is 1. The van der Waals surface area contributed by atoms with E-state index >= 15 is 0 Å². The molecule has 0 radical (unpaired) electrons. The van der Waals surface area contributed by atoms with Gasteiger partial charge in [0.2, 0.25) is 5.88 Å². The summed E-state index contributed by atoms with van der Waals surface area (Å²) in [6, 6.07) is 8.21. The fourth-order valence-electron chi connectivity index (χ4n) is 1.54. The van der Waals surface area contributed by atoms with Crippen molar-refractivity contribution in [3.8, 4) is 17.7 Å². The summed E-state index contributed by atoms with van der Waals surface area (Å²) in [4.78, 5) is 15.3. The van der Waals surface area contributed by atoms with Crippen molar-refractivity contribution in [3.05, 3.63) is 45.2 Å². The van der Waals surface area contributed by atoms with E-state index in [1.54, 1.807) is 12.1 Å². The molecule has 0 fully saturated rings. The lowest BCUT2D eigenvalue weighted by Crippen LogP contribution is -2.13. The van der Waals surface area contributed by atoms with E-state index in [9.17, 15) is 4.79 Å². The fraction of sp³-hybridized carbons (Fsp3) is 0. The Bertz CT molecular complexity index is 702. The predicted octanol–water partition coefficient (Wildman–Crippen LogP) is 2.03. The SMILES string of the molecule is N#Cc1cc(N)c(Oc2ncccc2C(N)=O)c(I)c1. The third kappa shape index (κ3) is 2.80. The van der Waals surface area contributed by atoms with Crippen LogP contribution in [0.4, 0.5) is 5.69 Å². The summed E-state index contributed by atoms with van der Waals surface area (Å²) in [7, 11) is 0. The van der Waals surface area contributed by atoms with Gasteiger partial charge in [0.05, 0.1) is 20.9 Å². The molecule has 20 heavy (non-hydrogen) atoms. The second-order valence-corrected chi connectivity index (χ2v) is 4.97. The Morgan fingerprint density at radius 2 is 2.20 bits per heavy atom. The summed E-state index contributed by atoms with van der Waals surface area (Å²) in [5, 5.41) is 8.86. The smallest absolute Gasteiger partial charge is 0.254 e. The van der Waals surface area contributed by atoms with Crippen LogP contribution in [0.2, 0.25) is 0 Å². The molecule has 0 spiro atoms. The number of carbonyl (C=O) groups excluding carboxylic acids is 1. The molecule has 4 N–H and O–H groups in total. The van der Waals surface area contributed by atoms with Crippen molar-refractivity contribution in [2.75, 3.05) is 5.73 Å². The number of aromatic nitrogens is 1. The van der Waals surface area contributed by atoms with Gasteiger partial charge < -0.3 is 16.2 Å². The van der Waals surface area contributed by atoms with Crippen molar-refractivity contribution < 1.29 is 9.53 Å². The molecule has 100 valence electrons. The van der Waals surface area contributed by atoms with Crippen LogP contribution in [0.3, 0.4) is 0 Å². The molecule has 1 heterocycles. The second kappa shape index (κ2) is 5.75. The van der Waals surface area contributed by atoms with E-state index in [1.165, 1.54) is 18.3 Å². The van der Waals surface area contributed by atoms with Gasteiger partial charge in [0, 0.05) is 6.20 Å². The number of nitrogens with zero attached hydrogens (tertiary/aromatic N) is 2. The zero-order chi connectivity index (χ0) is 14.7. The molecule has 0 aliphatic carbocycles.